The van der Waals surface area contributed by atoms with Crippen LogP contribution in [0.3, 0.4) is 0 Å². The molecule has 7 heteroatoms. The Morgan fingerprint density at radius 3 is 2.54 bits per heavy atom. The van der Waals surface area contributed by atoms with Gasteiger partial charge in [-0.3, -0.25) is 4.79 Å². The van der Waals surface area contributed by atoms with E-state index in [1.807, 2.05) is 30.9 Å². The number of methoxy groups -OCH3 is 2. The van der Waals surface area contributed by atoms with E-state index in [2.05, 4.69) is 21.2 Å². The summed E-state index contributed by atoms with van der Waals surface area (Å²) in [5, 5.41) is 3.88. The molecule has 0 saturated heterocycles. The van der Waals surface area contributed by atoms with Gasteiger partial charge in [-0.1, -0.05) is 0 Å². The van der Waals surface area contributed by atoms with E-state index in [4.69, 9.17) is 21.7 Å². The van der Waals surface area contributed by atoms with E-state index >= 15 is 0 Å². The van der Waals surface area contributed by atoms with Gasteiger partial charge in [-0.25, -0.2) is 0 Å². The van der Waals surface area contributed by atoms with E-state index in [9.17, 15) is 4.79 Å². The molecule has 0 radical (unpaired) electrons. The summed E-state index contributed by atoms with van der Waals surface area (Å²) in [7, 11) is 3.17. The molecule has 0 spiro atoms. The number of rotatable bonds is 5. The molecule has 24 heavy (non-hydrogen) atoms. The molecule has 1 unspecified atom stereocenters. The highest BCUT2D eigenvalue weighted by Gasteiger charge is 2.32. The molecule has 1 aliphatic heterocycles. The third-order valence-corrected chi connectivity index (χ3v) is 5.01. The van der Waals surface area contributed by atoms with Gasteiger partial charge in [0, 0.05) is 17.8 Å². The van der Waals surface area contributed by atoms with Gasteiger partial charge in [0.1, 0.15) is 0 Å². The Bertz CT molecular complexity index is 718. The van der Waals surface area contributed by atoms with Crippen molar-refractivity contribution in [2.75, 3.05) is 20.8 Å². The van der Waals surface area contributed by atoms with Gasteiger partial charge in [-0.15, -0.1) is 0 Å². The molecule has 1 N–H and O–H groups in total. The molecule has 1 heterocycles. The number of nitrogens with zero attached hydrogens (tertiary/aromatic N) is 1. The number of carbonyl (C=O) groups excluding carboxylic acids is 1. The number of hydrogen-bond donors (Lipinski definition) is 1. The van der Waals surface area contributed by atoms with Crippen LogP contribution in [0.15, 0.2) is 27.9 Å². The Morgan fingerprint density at radius 1 is 1.38 bits per heavy atom. The van der Waals surface area contributed by atoms with Crippen molar-refractivity contribution in [2.24, 2.45) is 0 Å². The third-order valence-electron chi connectivity index (χ3n) is 4.08. The van der Waals surface area contributed by atoms with E-state index in [1.54, 1.807) is 21.1 Å². The van der Waals surface area contributed by atoms with Gasteiger partial charge >= 0.3 is 0 Å². The Labute approximate surface area is 156 Å². The van der Waals surface area contributed by atoms with Crippen LogP contribution in [-0.2, 0) is 4.79 Å². The van der Waals surface area contributed by atoms with Crippen LogP contribution in [-0.4, -0.2) is 36.6 Å². The second kappa shape index (κ2) is 7.53. The number of ether oxygens (including phenoxy) is 2. The number of carbonyl (C=O) groups is 1. The van der Waals surface area contributed by atoms with Crippen molar-refractivity contribution >= 4 is 39.0 Å². The quantitative estimate of drug-likeness (QED) is 0.745. The predicted octanol–water partition coefficient (Wildman–Crippen LogP) is 3.58. The molecule has 0 aromatic heterocycles. The lowest BCUT2D eigenvalue weighted by Gasteiger charge is -2.37. The first-order valence-electron chi connectivity index (χ1n) is 7.56. The first-order valence-corrected chi connectivity index (χ1v) is 8.76. The van der Waals surface area contributed by atoms with Crippen molar-refractivity contribution in [3.8, 4) is 11.5 Å². The van der Waals surface area contributed by atoms with Crippen LogP contribution in [0, 0.1) is 0 Å². The molecule has 1 aromatic carbocycles. The normalized spacial score (nSPS) is 17.7. The highest BCUT2D eigenvalue weighted by Crippen LogP contribution is 2.40. The van der Waals surface area contributed by atoms with Crippen molar-refractivity contribution < 1.29 is 14.3 Å². The first-order chi connectivity index (χ1) is 11.3. The lowest BCUT2D eigenvalue weighted by atomic mass is 9.92. The molecule has 2 rings (SSSR count). The summed E-state index contributed by atoms with van der Waals surface area (Å²) in [4.78, 5) is 14.2. The maximum Gasteiger partial charge on any atom is 0.174 e. The maximum atomic E-state index is 12.3. The smallest absolute Gasteiger partial charge is 0.174 e. The number of ketones is 1. The van der Waals surface area contributed by atoms with Gasteiger partial charge in [0.05, 0.1) is 24.7 Å². The highest BCUT2D eigenvalue weighted by atomic mass is 79.9. The maximum absolute atomic E-state index is 12.3. The number of Topliss-reactive ketones (excluding diaryl/α,β-unsaturated/α-hetero) is 1. The zero-order valence-corrected chi connectivity index (χ0v) is 16.8. The standard InChI is InChI=1S/C17H21BrN2O3S/c1-6-20-9(2)14(10(3)21)15(19-17(20)24)11-7-12(18)16(23-5)13(8-11)22-4/h7-8,15H,6H2,1-5H3,(H,19,24). The number of halogens is 1. The Hall–Kier alpha value is -1.60. The van der Waals surface area contributed by atoms with Crippen molar-refractivity contribution in [2.45, 2.75) is 26.8 Å². The number of allylic oxidation sites excluding steroid dienone is 1. The molecule has 5 nitrogen and oxygen atoms in total. The minimum Gasteiger partial charge on any atom is -0.493 e. The van der Waals surface area contributed by atoms with E-state index in [-0.39, 0.29) is 11.8 Å². The largest absolute Gasteiger partial charge is 0.493 e. The SMILES string of the molecule is CCN1C(=S)NC(c2cc(Br)c(OC)c(OC)c2)C(C(C)=O)=C1C. The van der Waals surface area contributed by atoms with Gasteiger partial charge in [-0.05, 0) is 66.6 Å². The summed E-state index contributed by atoms with van der Waals surface area (Å²) in [5.74, 6) is 1.21. The second-order valence-corrected chi connectivity index (χ2v) is 6.66. The fraction of sp³-hybridized carbons (Fsp3) is 0.412. The second-order valence-electron chi connectivity index (χ2n) is 5.42. The summed E-state index contributed by atoms with van der Waals surface area (Å²) in [5.41, 5.74) is 2.46. The Morgan fingerprint density at radius 2 is 2.04 bits per heavy atom. The molecular formula is C17H21BrN2O3S. The van der Waals surface area contributed by atoms with Crippen LogP contribution >= 0.6 is 28.1 Å². The molecule has 0 fully saturated rings. The van der Waals surface area contributed by atoms with Crippen LogP contribution in [0.25, 0.3) is 0 Å². The number of thiocarbonyl (C=S) groups is 1. The van der Waals surface area contributed by atoms with Crippen LogP contribution in [0.4, 0.5) is 0 Å². The van der Waals surface area contributed by atoms with Crippen LogP contribution in [0.2, 0.25) is 0 Å². The summed E-state index contributed by atoms with van der Waals surface area (Å²) in [6.07, 6.45) is 0. The van der Waals surface area contributed by atoms with Crippen LogP contribution in [0.5, 0.6) is 11.5 Å². The topological polar surface area (TPSA) is 50.8 Å². The number of hydrogen-bond acceptors (Lipinski definition) is 4. The number of benzene rings is 1. The van der Waals surface area contributed by atoms with Crippen LogP contribution in [0.1, 0.15) is 32.4 Å². The molecule has 0 amide bonds. The summed E-state index contributed by atoms with van der Waals surface area (Å²) in [6, 6.07) is 3.45. The Kier molecular flexibility index (Phi) is 5.87. The highest BCUT2D eigenvalue weighted by molar-refractivity contribution is 9.10. The van der Waals surface area contributed by atoms with Gasteiger partial charge in [0.2, 0.25) is 0 Å². The molecule has 0 saturated carbocycles. The fourth-order valence-corrected chi connectivity index (χ4v) is 3.98. The lowest BCUT2D eigenvalue weighted by Crippen LogP contribution is -2.47. The zero-order valence-electron chi connectivity index (χ0n) is 14.4. The van der Waals surface area contributed by atoms with Gasteiger partial charge in [0.25, 0.3) is 0 Å². The third kappa shape index (κ3) is 3.28. The van der Waals surface area contributed by atoms with Crippen molar-refractivity contribution in [1.29, 1.82) is 0 Å². The monoisotopic (exact) mass is 412 g/mol. The Balaban J connectivity index is 2.62. The van der Waals surface area contributed by atoms with Gasteiger partial charge in [-0.2, -0.15) is 0 Å². The van der Waals surface area contributed by atoms with Crippen molar-refractivity contribution in [1.82, 2.24) is 10.2 Å². The lowest BCUT2D eigenvalue weighted by molar-refractivity contribution is -0.114. The molecule has 0 bridgehead atoms. The predicted molar refractivity (Wildman–Crippen MR) is 101 cm³/mol. The van der Waals surface area contributed by atoms with Crippen molar-refractivity contribution in [3.63, 3.8) is 0 Å². The zero-order chi connectivity index (χ0) is 18.0. The van der Waals surface area contributed by atoms with Gasteiger partial charge in [0.15, 0.2) is 22.4 Å². The summed E-state index contributed by atoms with van der Waals surface area (Å²) >= 11 is 8.97. The van der Waals surface area contributed by atoms with E-state index in [1.165, 1.54) is 0 Å². The molecule has 1 atom stereocenters. The number of nitrogens with one attached hydrogen (secondary N) is 1. The molecular weight excluding hydrogens is 392 g/mol. The fourth-order valence-electron chi connectivity index (χ4n) is 2.97. The van der Waals surface area contributed by atoms with E-state index in [0.29, 0.717) is 28.7 Å². The molecule has 1 aliphatic rings. The molecule has 130 valence electrons. The van der Waals surface area contributed by atoms with Gasteiger partial charge < -0.3 is 19.7 Å². The molecule has 0 aliphatic carbocycles. The average Bonchev–Trinajstić information content (AvgIpc) is 2.53. The van der Waals surface area contributed by atoms with E-state index in [0.717, 1.165) is 15.7 Å². The van der Waals surface area contributed by atoms with Crippen molar-refractivity contribution in [3.05, 3.63) is 33.4 Å². The van der Waals surface area contributed by atoms with Crippen LogP contribution < -0.4 is 14.8 Å². The average molecular weight is 413 g/mol. The molecule has 1 aromatic rings. The summed E-state index contributed by atoms with van der Waals surface area (Å²) < 4.78 is 11.5. The minimum atomic E-state index is -0.325. The van der Waals surface area contributed by atoms with E-state index < -0.39 is 0 Å². The first kappa shape index (κ1) is 18.7. The minimum absolute atomic E-state index is 0.0110. The summed E-state index contributed by atoms with van der Waals surface area (Å²) in [6.45, 7) is 6.21.